The van der Waals surface area contributed by atoms with Crippen LogP contribution in [-0.2, 0) is 4.74 Å². The second kappa shape index (κ2) is 5.25. The number of nitrogens with two attached hydrogens (primary N) is 1. The first kappa shape index (κ1) is 12.2. The molecule has 0 radical (unpaired) electrons. The molecule has 1 aliphatic heterocycles. The van der Waals surface area contributed by atoms with E-state index in [4.69, 9.17) is 5.73 Å². The molecule has 0 aromatic heterocycles. The monoisotopic (exact) mass is 222 g/mol. The van der Waals surface area contributed by atoms with Gasteiger partial charge in [0.2, 0.25) is 0 Å². The van der Waals surface area contributed by atoms with Crippen LogP contribution in [0.5, 0.6) is 0 Å². The fourth-order valence-electron chi connectivity index (χ4n) is 1.56. The van der Waals surface area contributed by atoms with Gasteiger partial charge in [-0.25, -0.2) is 13.6 Å². The Hall–Kier alpha value is -0.910. The molecule has 1 heterocycles. The smallest absolute Gasteiger partial charge is 0.404 e. The second-order valence-corrected chi connectivity index (χ2v) is 3.72. The fourth-order valence-corrected chi connectivity index (χ4v) is 1.56. The highest BCUT2D eigenvalue weighted by atomic mass is 19.3. The number of alkyl halides is 2. The quantitative estimate of drug-likeness (QED) is 0.727. The molecule has 1 rings (SSSR count). The predicted octanol–water partition coefficient (Wildman–Crippen LogP) is 1.20. The summed E-state index contributed by atoms with van der Waals surface area (Å²) in [6, 6.07) is 0. The van der Waals surface area contributed by atoms with Crippen molar-refractivity contribution in [3.05, 3.63) is 0 Å². The second-order valence-electron chi connectivity index (χ2n) is 3.72. The van der Waals surface area contributed by atoms with Crippen molar-refractivity contribution in [2.75, 3.05) is 26.2 Å². The van der Waals surface area contributed by atoms with E-state index in [2.05, 4.69) is 4.74 Å². The van der Waals surface area contributed by atoms with Gasteiger partial charge in [0.15, 0.2) is 0 Å². The molecule has 1 fully saturated rings. The van der Waals surface area contributed by atoms with Crippen LogP contribution in [-0.4, -0.2) is 43.2 Å². The van der Waals surface area contributed by atoms with Crippen LogP contribution < -0.4 is 5.73 Å². The molecule has 0 aromatic carbocycles. The van der Waals surface area contributed by atoms with Crippen LogP contribution >= 0.6 is 0 Å². The van der Waals surface area contributed by atoms with E-state index in [9.17, 15) is 13.6 Å². The molecule has 6 heteroatoms. The molecule has 1 saturated heterocycles. The first-order chi connectivity index (χ1) is 6.99. The van der Waals surface area contributed by atoms with Gasteiger partial charge in [0.1, 0.15) is 0 Å². The van der Waals surface area contributed by atoms with Crippen LogP contribution in [0.15, 0.2) is 0 Å². The van der Waals surface area contributed by atoms with Gasteiger partial charge in [-0.1, -0.05) is 0 Å². The molecular weight excluding hydrogens is 206 g/mol. The molecule has 0 atom stereocenters. The van der Waals surface area contributed by atoms with Crippen LogP contribution in [0, 0.1) is 0 Å². The molecule has 0 unspecified atom stereocenters. The molecule has 88 valence electrons. The minimum Gasteiger partial charge on any atom is -0.450 e. The Kier molecular flexibility index (Phi) is 4.26. The highest BCUT2D eigenvalue weighted by molar-refractivity contribution is 5.64. The Balaban J connectivity index is 2.06. The number of likely N-dealkylation sites (tertiary alicyclic amines) is 1. The Labute approximate surface area is 87.4 Å². The fraction of sp³-hybridized carbons (Fsp3) is 0.889. The van der Waals surface area contributed by atoms with E-state index in [-0.39, 0.29) is 19.4 Å². The van der Waals surface area contributed by atoms with Crippen molar-refractivity contribution in [2.45, 2.75) is 25.2 Å². The average molecular weight is 222 g/mol. The summed E-state index contributed by atoms with van der Waals surface area (Å²) in [5, 5.41) is 0. The van der Waals surface area contributed by atoms with Crippen molar-refractivity contribution in [3.63, 3.8) is 0 Å². The van der Waals surface area contributed by atoms with Crippen molar-refractivity contribution >= 4 is 6.09 Å². The minimum absolute atomic E-state index is 0.0797. The van der Waals surface area contributed by atoms with Gasteiger partial charge in [-0.15, -0.1) is 0 Å². The molecular formula is C9H16F2N2O2. The molecule has 1 aliphatic rings. The number of amides is 1. The molecule has 2 N–H and O–H groups in total. The number of nitrogens with zero attached hydrogens (tertiary/aromatic N) is 1. The molecule has 0 bridgehead atoms. The zero-order valence-electron chi connectivity index (χ0n) is 8.55. The van der Waals surface area contributed by atoms with Crippen LogP contribution in [0.3, 0.4) is 0 Å². The molecule has 0 aromatic rings. The number of primary amides is 1. The molecule has 1 amide bonds. The third kappa shape index (κ3) is 4.92. The number of ether oxygens (including phenoxy) is 1. The van der Waals surface area contributed by atoms with E-state index in [1.807, 2.05) is 4.90 Å². The van der Waals surface area contributed by atoms with Gasteiger partial charge in [0.25, 0.3) is 5.92 Å². The summed E-state index contributed by atoms with van der Waals surface area (Å²) >= 11 is 0. The standard InChI is InChI=1S/C9H16F2N2O2/c10-9(11)2-5-13(6-3-9)4-1-7-15-8(12)14/h1-7H2,(H2,12,14). The largest absolute Gasteiger partial charge is 0.450 e. The van der Waals surface area contributed by atoms with Crippen molar-refractivity contribution in [2.24, 2.45) is 5.73 Å². The number of carbonyl (C=O) groups excluding carboxylic acids is 1. The number of rotatable bonds is 4. The van der Waals surface area contributed by atoms with Gasteiger partial charge < -0.3 is 15.4 Å². The minimum atomic E-state index is -2.50. The van der Waals surface area contributed by atoms with Gasteiger partial charge in [-0.3, -0.25) is 0 Å². The number of hydrogen-bond donors (Lipinski definition) is 1. The maximum absolute atomic E-state index is 12.8. The van der Waals surface area contributed by atoms with Crippen LogP contribution in [0.25, 0.3) is 0 Å². The predicted molar refractivity (Wildman–Crippen MR) is 50.8 cm³/mol. The van der Waals surface area contributed by atoms with Gasteiger partial charge in [0, 0.05) is 32.5 Å². The average Bonchev–Trinajstić information content (AvgIpc) is 2.14. The normalized spacial score (nSPS) is 21.2. The molecule has 15 heavy (non-hydrogen) atoms. The summed E-state index contributed by atoms with van der Waals surface area (Å²) in [5.74, 6) is -2.50. The third-order valence-corrected chi connectivity index (χ3v) is 2.45. The van der Waals surface area contributed by atoms with Crippen molar-refractivity contribution < 1.29 is 18.3 Å². The van der Waals surface area contributed by atoms with Crippen LogP contribution in [0.2, 0.25) is 0 Å². The molecule has 0 spiro atoms. The lowest BCUT2D eigenvalue weighted by molar-refractivity contribution is -0.0555. The molecule has 0 saturated carbocycles. The lowest BCUT2D eigenvalue weighted by Gasteiger charge is -2.31. The number of piperidine rings is 1. The number of halogens is 2. The number of carbonyl (C=O) groups is 1. The lowest BCUT2D eigenvalue weighted by atomic mass is 10.1. The zero-order valence-corrected chi connectivity index (χ0v) is 8.55. The number of hydrogen-bond acceptors (Lipinski definition) is 3. The maximum Gasteiger partial charge on any atom is 0.404 e. The van der Waals surface area contributed by atoms with Crippen LogP contribution in [0.1, 0.15) is 19.3 Å². The van der Waals surface area contributed by atoms with E-state index in [0.717, 1.165) is 0 Å². The Bertz CT molecular complexity index is 214. The van der Waals surface area contributed by atoms with Gasteiger partial charge in [-0.05, 0) is 6.42 Å². The summed E-state index contributed by atoms with van der Waals surface area (Å²) < 4.78 is 30.1. The van der Waals surface area contributed by atoms with Gasteiger partial charge in [0.05, 0.1) is 6.61 Å². The van der Waals surface area contributed by atoms with Crippen molar-refractivity contribution in [3.8, 4) is 0 Å². The van der Waals surface area contributed by atoms with E-state index in [0.29, 0.717) is 26.1 Å². The van der Waals surface area contributed by atoms with E-state index in [1.54, 1.807) is 0 Å². The molecule has 4 nitrogen and oxygen atoms in total. The summed E-state index contributed by atoms with van der Waals surface area (Å²) in [4.78, 5) is 12.2. The van der Waals surface area contributed by atoms with Crippen molar-refractivity contribution in [1.82, 2.24) is 4.90 Å². The summed E-state index contributed by atoms with van der Waals surface area (Å²) in [5.41, 5.74) is 4.77. The van der Waals surface area contributed by atoms with Crippen LogP contribution in [0.4, 0.5) is 13.6 Å². The zero-order chi connectivity index (χ0) is 11.3. The highest BCUT2D eigenvalue weighted by Gasteiger charge is 2.33. The first-order valence-corrected chi connectivity index (χ1v) is 5.02. The SMILES string of the molecule is NC(=O)OCCCN1CCC(F)(F)CC1. The third-order valence-electron chi connectivity index (χ3n) is 2.45. The highest BCUT2D eigenvalue weighted by Crippen LogP contribution is 2.27. The van der Waals surface area contributed by atoms with Crippen molar-refractivity contribution in [1.29, 1.82) is 0 Å². The molecule has 0 aliphatic carbocycles. The van der Waals surface area contributed by atoms with Gasteiger partial charge >= 0.3 is 6.09 Å². The summed E-state index contributed by atoms with van der Waals surface area (Å²) in [6.07, 6.45) is -0.317. The van der Waals surface area contributed by atoms with E-state index in [1.165, 1.54) is 0 Å². The Morgan fingerprint density at radius 1 is 1.40 bits per heavy atom. The maximum atomic E-state index is 12.8. The summed E-state index contributed by atoms with van der Waals surface area (Å²) in [7, 11) is 0. The lowest BCUT2D eigenvalue weighted by Crippen LogP contribution is -2.40. The summed E-state index contributed by atoms with van der Waals surface area (Å²) in [6.45, 7) is 1.73. The first-order valence-electron chi connectivity index (χ1n) is 5.02. The van der Waals surface area contributed by atoms with E-state index >= 15 is 0 Å². The Morgan fingerprint density at radius 2 is 2.00 bits per heavy atom. The van der Waals surface area contributed by atoms with Gasteiger partial charge in [-0.2, -0.15) is 0 Å². The Morgan fingerprint density at radius 3 is 2.53 bits per heavy atom. The van der Waals surface area contributed by atoms with E-state index < -0.39 is 12.0 Å². The topological polar surface area (TPSA) is 55.6 Å².